The van der Waals surface area contributed by atoms with Crippen LogP contribution in [0.2, 0.25) is 15.1 Å². The number of carbonyl (C=O) groups is 1. The first-order chi connectivity index (χ1) is 9.70. The number of ketones is 1. The molecule has 0 aliphatic heterocycles. The molecule has 0 amide bonds. The van der Waals surface area contributed by atoms with Gasteiger partial charge in [0.25, 0.3) is 10.0 Å². The number of rotatable bonds is 2. The lowest BCUT2D eigenvalue weighted by Crippen LogP contribution is -2.07. The Morgan fingerprint density at radius 3 is 2.14 bits per heavy atom. The van der Waals surface area contributed by atoms with Crippen molar-refractivity contribution in [3.63, 3.8) is 0 Å². The van der Waals surface area contributed by atoms with E-state index in [0.29, 0.717) is 0 Å². The largest absolute Gasteiger partial charge is 0.288 e. The van der Waals surface area contributed by atoms with Gasteiger partial charge in [0.1, 0.15) is 4.90 Å². The quantitative estimate of drug-likeness (QED) is 0.570. The number of nitrogens with zero attached hydrogens (tertiary/aromatic N) is 1. The van der Waals surface area contributed by atoms with Gasteiger partial charge in [0, 0.05) is 0 Å². The number of hydrogen-bond donors (Lipinski definition) is 0. The Bertz CT molecular complexity index is 825. The van der Waals surface area contributed by atoms with Gasteiger partial charge in [-0.3, -0.25) is 4.79 Å². The van der Waals surface area contributed by atoms with Crippen LogP contribution in [-0.2, 0) is 14.8 Å². The highest BCUT2D eigenvalue weighted by molar-refractivity contribution is 7.90. The summed E-state index contributed by atoms with van der Waals surface area (Å²) in [6, 6.07) is 2.32. The van der Waals surface area contributed by atoms with E-state index in [1.807, 2.05) is 0 Å². The minimum absolute atomic E-state index is 0.00161. The highest BCUT2D eigenvalue weighted by Gasteiger charge is 2.20. The molecule has 0 bridgehead atoms. The first-order valence-electron chi connectivity index (χ1n) is 5.30. The van der Waals surface area contributed by atoms with Crippen molar-refractivity contribution in [1.29, 1.82) is 0 Å². The van der Waals surface area contributed by atoms with E-state index in [-0.39, 0.29) is 30.7 Å². The van der Waals surface area contributed by atoms with Crippen LogP contribution in [-0.4, -0.2) is 19.9 Å². The summed E-state index contributed by atoms with van der Waals surface area (Å²) in [4.78, 5) is 10.9. The number of halogens is 4. The number of benzene rings is 1. The van der Waals surface area contributed by atoms with Crippen molar-refractivity contribution in [3.05, 3.63) is 50.5 Å². The van der Waals surface area contributed by atoms with Gasteiger partial charge in [-0.15, -0.1) is 0 Å². The molecule has 9 heteroatoms. The van der Waals surface area contributed by atoms with Crippen LogP contribution in [0.25, 0.3) is 0 Å². The third kappa shape index (κ3) is 3.67. The third-order valence-electron chi connectivity index (χ3n) is 2.39. The van der Waals surface area contributed by atoms with E-state index in [2.05, 4.69) is 4.40 Å². The Labute approximate surface area is 140 Å². The van der Waals surface area contributed by atoms with Crippen LogP contribution in [0.5, 0.6) is 0 Å². The van der Waals surface area contributed by atoms with E-state index in [4.69, 9.17) is 46.4 Å². The van der Waals surface area contributed by atoms with Crippen molar-refractivity contribution in [2.45, 2.75) is 4.90 Å². The summed E-state index contributed by atoms with van der Waals surface area (Å²) in [5.41, 5.74) is 0.00161. The van der Waals surface area contributed by atoms with Crippen LogP contribution >= 0.6 is 46.4 Å². The Morgan fingerprint density at radius 2 is 1.52 bits per heavy atom. The molecule has 0 aromatic heterocycles. The van der Waals surface area contributed by atoms with Crippen LogP contribution in [0.1, 0.15) is 0 Å². The van der Waals surface area contributed by atoms with Gasteiger partial charge in [0.2, 0.25) is 0 Å². The molecule has 110 valence electrons. The van der Waals surface area contributed by atoms with Gasteiger partial charge in [0.05, 0.1) is 25.8 Å². The Kier molecular flexibility index (Phi) is 4.80. The minimum atomic E-state index is -4.12. The Morgan fingerprint density at radius 1 is 0.905 bits per heavy atom. The topological polar surface area (TPSA) is 63.6 Å². The molecule has 1 aliphatic carbocycles. The lowest BCUT2D eigenvalue weighted by molar-refractivity contribution is -0.110. The smallest absolute Gasteiger partial charge is 0.284 e. The molecular weight excluding hydrogens is 380 g/mol. The van der Waals surface area contributed by atoms with E-state index < -0.39 is 15.8 Å². The number of sulfonamides is 1. The molecule has 0 atom stereocenters. The fourth-order valence-electron chi connectivity index (χ4n) is 1.44. The van der Waals surface area contributed by atoms with Crippen LogP contribution in [0.15, 0.2) is 44.7 Å². The normalized spacial score (nSPS) is 17.2. The Hall–Kier alpha value is -0.850. The van der Waals surface area contributed by atoms with E-state index in [0.717, 1.165) is 18.2 Å². The van der Waals surface area contributed by atoms with Gasteiger partial charge in [-0.1, -0.05) is 46.4 Å². The molecule has 0 heterocycles. The van der Waals surface area contributed by atoms with Crippen molar-refractivity contribution in [1.82, 2.24) is 0 Å². The zero-order valence-corrected chi connectivity index (χ0v) is 13.8. The molecule has 0 saturated heterocycles. The molecule has 2 rings (SSSR count). The molecule has 0 spiro atoms. The zero-order valence-electron chi connectivity index (χ0n) is 9.98. The molecule has 0 radical (unpaired) electrons. The van der Waals surface area contributed by atoms with Crippen LogP contribution < -0.4 is 0 Å². The molecule has 4 nitrogen and oxygen atoms in total. The van der Waals surface area contributed by atoms with Crippen molar-refractivity contribution < 1.29 is 13.2 Å². The van der Waals surface area contributed by atoms with Crippen LogP contribution in [0, 0.1) is 0 Å². The van der Waals surface area contributed by atoms with Gasteiger partial charge in [-0.25, -0.2) is 0 Å². The second-order valence-corrected chi connectivity index (χ2v) is 7.08. The van der Waals surface area contributed by atoms with Gasteiger partial charge in [-0.05, 0) is 30.4 Å². The highest BCUT2D eigenvalue weighted by Crippen LogP contribution is 2.32. The lowest BCUT2D eigenvalue weighted by Gasteiger charge is -2.06. The highest BCUT2D eigenvalue weighted by atomic mass is 35.5. The van der Waals surface area contributed by atoms with Crippen molar-refractivity contribution in [2.24, 2.45) is 4.40 Å². The zero-order chi connectivity index (χ0) is 15.8. The molecule has 0 saturated carbocycles. The van der Waals surface area contributed by atoms with E-state index in [1.54, 1.807) is 0 Å². The number of hydrogen-bond acceptors (Lipinski definition) is 3. The second-order valence-electron chi connectivity index (χ2n) is 3.88. The average molecular weight is 385 g/mol. The SMILES string of the molecule is O=C1C=C/C(=N\S(=O)(=O)c2cc(Cl)c(Cl)cc2Cl)C=C1Cl. The summed E-state index contributed by atoms with van der Waals surface area (Å²) in [5.74, 6) is -0.430. The van der Waals surface area contributed by atoms with Gasteiger partial charge >= 0.3 is 0 Å². The molecular formula is C12H5Cl4NO3S. The van der Waals surface area contributed by atoms with Crippen molar-refractivity contribution in [2.75, 3.05) is 0 Å². The lowest BCUT2D eigenvalue weighted by atomic mass is 10.2. The molecule has 1 aromatic rings. The van der Waals surface area contributed by atoms with E-state index >= 15 is 0 Å². The summed E-state index contributed by atoms with van der Waals surface area (Å²) in [6.07, 6.45) is 3.50. The first kappa shape index (κ1) is 16.5. The number of allylic oxidation sites excluding steroid dienone is 4. The summed E-state index contributed by atoms with van der Waals surface area (Å²) in [5, 5.41) is -0.0893. The molecule has 0 unspecified atom stereocenters. The summed E-state index contributed by atoms with van der Waals surface area (Å²) in [6.45, 7) is 0. The maximum Gasteiger partial charge on any atom is 0.284 e. The van der Waals surface area contributed by atoms with Crippen molar-refractivity contribution >= 4 is 67.9 Å². The molecule has 0 fully saturated rings. The molecule has 1 aliphatic rings. The number of carbonyl (C=O) groups excluding carboxylic acids is 1. The molecule has 0 N–H and O–H groups in total. The van der Waals surface area contributed by atoms with Crippen LogP contribution in [0.4, 0.5) is 0 Å². The first-order valence-corrected chi connectivity index (χ1v) is 8.25. The van der Waals surface area contributed by atoms with E-state index in [9.17, 15) is 13.2 Å². The Balaban J connectivity index is 2.52. The maximum atomic E-state index is 12.2. The average Bonchev–Trinajstić information content (AvgIpc) is 2.37. The van der Waals surface area contributed by atoms with E-state index in [1.165, 1.54) is 12.1 Å². The van der Waals surface area contributed by atoms with Crippen molar-refractivity contribution in [3.8, 4) is 0 Å². The standard InChI is InChI=1S/C12H5Cl4NO3S/c13-7-4-10(16)12(5-8(7)14)21(19,20)17-6-1-2-11(18)9(15)3-6/h1-5H/b17-6+. The van der Waals surface area contributed by atoms with Gasteiger partial charge < -0.3 is 0 Å². The fourth-order valence-corrected chi connectivity index (χ4v) is 3.58. The minimum Gasteiger partial charge on any atom is -0.288 e. The van der Waals surface area contributed by atoms with Crippen LogP contribution in [0.3, 0.4) is 0 Å². The summed E-state index contributed by atoms with van der Waals surface area (Å²) < 4.78 is 28.0. The van der Waals surface area contributed by atoms with Gasteiger partial charge in [-0.2, -0.15) is 12.8 Å². The summed E-state index contributed by atoms with van der Waals surface area (Å²) in [7, 11) is -4.12. The molecule has 21 heavy (non-hydrogen) atoms. The maximum absolute atomic E-state index is 12.2. The third-order valence-corrected chi connectivity index (χ3v) is 5.18. The van der Waals surface area contributed by atoms with Gasteiger partial charge in [0.15, 0.2) is 5.78 Å². The summed E-state index contributed by atoms with van der Waals surface area (Å²) >= 11 is 23.0. The fraction of sp³-hybridized carbons (Fsp3) is 0. The monoisotopic (exact) mass is 383 g/mol. The molecule has 1 aromatic carbocycles. The predicted molar refractivity (Wildman–Crippen MR) is 84.2 cm³/mol. The predicted octanol–water partition coefficient (Wildman–Crippen LogP) is 4.04. The second kappa shape index (κ2) is 6.10.